The Balaban J connectivity index is 2.68. The highest BCUT2D eigenvalue weighted by Crippen LogP contribution is 2.20. The molecule has 6 heteroatoms. The second-order valence-corrected chi connectivity index (χ2v) is 3.42. The SMILES string of the molecule is COc1cn2c(Br)c(CO)nc2cn1. The summed E-state index contributed by atoms with van der Waals surface area (Å²) in [7, 11) is 1.55. The monoisotopic (exact) mass is 257 g/mol. The maximum absolute atomic E-state index is 8.99. The zero-order valence-corrected chi connectivity index (χ0v) is 9.02. The van der Waals surface area contributed by atoms with Crippen LogP contribution in [0.5, 0.6) is 5.88 Å². The number of rotatable bonds is 2. The highest BCUT2D eigenvalue weighted by atomic mass is 79.9. The Morgan fingerprint density at radius 2 is 2.43 bits per heavy atom. The first kappa shape index (κ1) is 9.42. The molecule has 0 aliphatic rings. The predicted octanol–water partition coefficient (Wildman–Crippen LogP) is 0.993. The normalized spacial score (nSPS) is 10.8. The lowest BCUT2D eigenvalue weighted by Gasteiger charge is -1.99. The van der Waals surface area contributed by atoms with Gasteiger partial charge in [0.2, 0.25) is 5.88 Å². The number of aliphatic hydroxyl groups is 1. The molecule has 5 nitrogen and oxygen atoms in total. The molecule has 0 radical (unpaired) electrons. The molecule has 0 atom stereocenters. The van der Waals surface area contributed by atoms with Gasteiger partial charge in [0, 0.05) is 0 Å². The molecule has 0 saturated carbocycles. The van der Waals surface area contributed by atoms with Gasteiger partial charge < -0.3 is 9.84 Å². The largest absolute Gasteiger partial charge is 0.480 e. The lowest BCUT2D eigenvalue weighted by atomic mass is 10.5. The molecule has 0 spiro atoms. The van der Waals surface area contributed by atoms with E-state index in [9.17, 15) is 0 Å². The fraction of sp³-hybridized carbons (Fsp3) is 0.250. The fourth-order valence-electron chi connectivity index (χ4n) is 1.16. The highest BCUT2D eigenvalue weighted by Gasteiger charge is 2.09. The van der Waals surface area contributed by atoms with Crippen molar-refractivity contribution in [2.24, 2.45) is 0 Å². The Morgan fingerprint density at radius 3 is 3.07 bits per heavy atom. The number of aliphatic hydroxyl groups excluding tert-OH is 1. The first-order valence-corrected chi connectivity index (χ1v) is 4.73. The molecule has 0 fully saturated rings. The van der Waals surface area contributed by atoms with E-state index in [4.69, 9.17) is 9.84 Å². The van der Waals surface area contributed by atoms with Gasteiger partial charge in [-0.2, -0.15) is 0 Å². The standard InChI is InChI=1S/C8H8BrN3O2/c1-14-7-3-12-6(2-10-7)11-5(4-13)8(12)9/h2-3,13H,4H2,1H3. The summed E-state index contributed by atoms with van der Waals surface area (Å²) in [6, 6.07) is 0. The highest BCUT2D eigenvalue weighted by molar-refractivity contribution is 9.10. The predicted molar refractivity (Wildman–Crippen MR) is 53.2 cm³/mol. The van der Waals surface area contributed by atoms with Gasteiger partial charge >= 0.3 is 0 Å². The lowest BCUT2D eigenvalue weighted by Crippen LogP contribution is -1.92. The van der Waals surface area contributed by atoms with E-state index in [0.717, 1.165) is 4.60 Å². The molecule has 0 saturated heterocycles. The fourth-order valence-corrected chi connectivity index (χ4v) is 1.66. The van der Waals surface area contributed by atoms with Crippen molar-refractivity contribution in [2.75, 3.05) is 7.11 Å². The van der Waals surface area contributed by atoms with Crippen molar-refractivity contribution in [3.63, 3.8) is 0 Å². The van der Waals surface area contributed by atoms with Crippen molar-refractivity contribution < 1.29 is 9.84 Å². The average Bonchev–Trinajstić information content (AvgIpc) is 2.55. The molecular weight excluding hydrogens is 250 g/mol. The van der Waals surface area contributed by atoms with E-state index in [1.807, 2.05) is 0 Å². The number of fused-ring (bicyclic) bond motifs is 1. The molecule has 2 aromatic rings. The third kappa shape index (κ3) is 1.36. The summed E-state index contributed by atoms with van der Waals surface area (Å²) >= 11 is 3.33. The van der Waals surface area contributed by atoms with Gasteiger partial charge in [0.25, 0.3) is 0 Å². The van der Waals surface area contributed by atoms with E-state index in [1.54, 1.807) is 23.9 Å². The first-order chi connectivity index (χ1) is 6.76. The van der Waals surface area contributed by atoms with Crippen LogP contribution in [-0.4, -0.2) is 26.6 Å². The quantitative estimate of drug-likeness (QED) is 0.872. The van der Waals surface area contributed by atoms with E-state index < -0.39 is 0 Å². The molecule has 2 heterocycles. The minimum Gasteiger partial charge on any atom is -0.480 e. The minimum atomic E-state index is -0.107. The van der Waals surface area contributed by atoms with Crippen LogP contribution in [0, 0.1) is 0 Å². The maximum atomic E-state index is 8.99. The molecule has 2 aromatic heterocycles. The van der Waals surface area contributed by atoms with Crippen molar-refractivity contribution in [3.8, 4) is 5.88 Å². The van der Waals surface area contributed by atoms with Gasteiger partial charge in [-0.15, -0.1) is 0 Å². The number of aromatic nitrogens is 3. The number of imidazole rings is 1. The van der Waals surface area contributed by atoms with E-state index in [0.29, 0.717) is 17.2 Å². The summed E-state index contributed by atoms with van der Waals surface area (Å²) in [6.07, 6.45) is 3.29. The van der Waals surface area contributed by atoms with Crippen LogP contribution >= 0.6 is 15.9 Å². The van der Waals surface area contributed by atoms with Crippen LogP contribution in [-0.2, 0) is 6.61 Å². The Bertz CT molecular complexity index is 469. The lowest BCUT2D eigenvalue weighted by molar-refractivity contribution is 0.276. The smallest absolute Gasteiger partial charge is 0.230 e. The van der Waals surface area contributed by atoms with Gasteiger partial charge in [0.05, 0.1) is 31.8 Å². The first-order valence-electron chi connectivity index (χ1n) is 3.93. The number of hydrogen-bond donors (Lipinski definition) is 1. The zero-order valence-electron chi connectivity index (χ0n) is 7.44. The average molecular weight is 258 g/mol. The van der Waals surface area contributed by atoms with Crippen molar-refractivity contribution >= 4 is 21.6 Å². The third-order valence-electron chi connectivity index (χ3n) is 1.85. The minimum absolute atomic E-state index is 0.107. The Kier molecular flexibility index (Phi) is 2.39. The van der Waals surface area contributed by atoms with E-state index in [1.165, 1.54) is 0 Å². The van der Waals surface area contributed by atoms with Crippen LogP contribution in [0.2, 0.25) is 0 Å². The Morgan fingerprint density at radius 1 is 1.64 bits per heavy atom. The topological polar surface area (TPSA) is 59.7 Å². The van der Waals surface area contributed by atoms with Crippen LogP contribution in [0.25, 0.3) is 5.65 Å². The van der Waals surface area contributed by atoms with Crippen molar-refractivity contribution in [3.05, 3.63) is 22.7 Å². The third-order valence-corrected chi connectivity index (χ3v) is 2.69. The molecular formula is C8H8BrN3O2. The number of nitrogens with zero attached hydrogens (tertiary/aromatic N) is 3. The molecule has 1 N–H and O–H groups in total. The second kappa shape index (κ2) is 3.55. The summed E-state index contributed by atoms with van der Waals surface area (Å²) in [6.45, 7) is -0.107. The molecule has 0 aromatic carbocycles. The molecule has 74 valence electrons. The van der Waals surface area contributed by atoms with Crippen LogP contribution in [0.1, 0.15) is 5.69 Å². The van der Waals surface area contributed by atoms with Gasteiger partial charge in [-0.3, -0.25) is 4.40 Å². The molecule has 0 aliphatic heterocycles. The van der Waals surface area contributed by atoms with E-state index in [-0.39, 0.29) is 6.61 Å². The molecule has 0 amide bonds. The van der Waals surface area contributed by atoms with Crippen LogP contribution in [0.4, 0.5) is 0 Å². The second-order valence-electron chi connectivity index (χ2n) is 2.67. The number of ether oxygens (including phenoxy) is 1. The maximum Gasteiger partial charge on any atom is 0.230 e. The van der Waals surface area contributed by atoms with Crippen molar-refractivity contribution in [1.82, 2.24) is 14.4 Å². The molecule has 0 bridgehead atoms. The van der Waals surface area contributed by atoms with Gasteiger partial charge in [-0.1, -0.05) is 0 Å². The number of methoxy groups -OCH3 is 1. The molecule has 0 unspecified atom stereocenters. The molecule has 0 aliphatic carbocycles. The van der Waals surface area contributed by atoms with E-state index in [2.05, 4.69) is 25.9 Å². The number of halogens is 1. The van der Waals surface area contributed by atoms with Crippen LogP contribution in [0.3, 0.4) is 0 Å². The molecule has 2 rings (SSSR count). The zero-order chi connectivity index (χ0) is 10.1. The van der Waals surface area contributed by atoms with Gasteiger partial charge in [-0.25, -0.2) is 9.97 Å². The van der Waals surface area contributed by atoms with Gasteiger partial charge in [0.15, 0.2) is 5.65 Å². The Hall–Kier alpha value is -1.14. The summed E-state index contributed by atoms with van der Waals surface area (Å²) < 4.78 is 7.46. The van der Waals surface area contributed by atoms with Crippen molar-refractivity contribution in [2.45, 2.75) is 6.61 Å². The van der Waals surface area contributed by atoms with Crippen LogP contribution < -0.4 is 4.74 Å². The van der Waals surface area contributed by atoms with Crippen molar-refractivity contribution in [1.29, 1.82) is 0 Å². The summed E-state index contributed by atoms with van der Waals surface area (Å²) in [5.74, 6) is 0.500. The number of hydrogen-bond acceptors (Lipinski definition) is 4. The molecule has 14 heavy (non-hydrogen) atoms. The van der Waals surface area contributed by atoms with Gasteiger partial charge in [-0.05, 0) is 15.9 Å². The summed E-state index contributed by atoms with van der Waals surface area (Å²) in [5, 5.41) is 8.99. The Labute approximate surface area is 88.5 Å². The van der Waals surface area contributed by atoms with Gasteiger partial charge in [0.1, 0.15) is 4.60 Å². The summed E-state index contributed by atoms with van der Waals surface area (Å²) in [5.41, 5.74) is 1.25. The van der Waals surface area contributed by atoms with Crippen LogP contribution in [0.15, 0.2) is 17.0 Å². The van der Waals surface area contributed by atoms with E-state index >= 15 is 0 Å². The summed E-state index contributed by atoms with van der Waals surface area (Å²) in [4.78, 5) is 8.16.